The van der Waals surface area contributed by atoms with Gasteiger partial charge in [-0.3, -0.25) is 14.7 Å². The molecule has 1 unspecified atom stereocenters. The smallest absolute Gasteiger partial charge is 0.315 e. The van der Waals surface area contributed by atoms with E-state index in [1.165, 1.54) is 4.90 Å². The van der Waals surface area contributed by atoms with Crippen molar-refractivity contribution in [1.82, 2.24) is 20.1 Å². The second kappa shape index (κ2) is 6.41. The number of nitrogens with zero attached hydrogens (tertiary/aromatic N) is 3. The Labute approximate surface area is 141 Å². The third-order valence-corrected chi connectivity index (χ3v) is 4.18. The molecule has 1 aliphatic heterocycles. The molecule has 1 saturated heterocycles. The Bertz CT molecular complexity index is 692. The first-order valence-electron chi connectivity index (χ1n) is 7.80. The molecule has 1 aromatic carbocycles. The van der Waals surface area contributed by atoms with Crippen LogP contribution in [0, 0.1) is 0 Å². The summed E-state index contributed by atoms with van der Waals surface area (Å²) in [6.45, 7) is 0.948. The van der Waals surface area contributed by atoms with E-state index >= 15 is 0 Å². The van der Waals surface area contributed by atoms with E-state index in [-0.39, 0.29) is 11.9 Å². The number of imide groups is 1. The fraction of sp³-hybridized carbons (Fsp3) is 0.278. The molecule has 0 spiro atoms. The summed E-state index contributed by atoms with van der Waals surface area (Å²) >= 11 is 0. The summed E-state index contributed by atoms with van der Waals surface area (Å²) < 4.78 is 0. The molecule has 2 heterocycles. The third kappa shape index (κ3) is 2.65. The normalized spacial score (nSPS) is 20.5. The van der Waals surface area contributed by atoms with E-state index in [9.17, 15) is 9.59 Å². The Hall–Kier alpha value is -2.73. The van der Waals surface area contributed by atoms with E-state index < -0.39 is 5.54 Å². The van der Waals surface area contributed by atoms with Crippen molar-refractivity contribution in [2.75, 3.05) is 27.2 Å². The average Bonchev–Trinajstić information content (AvgIpc) is 2.86. The summed E-state index contributed by atoms with van der Waals surface area (Å²) in [5.74, 6) is -0.270. The maximum atomic E-state index is 13.2. The van der Waals surface area contributed by atoms with Crippen LogP contribution < -0.4 is 5.32 Å². The first-order chi connectivity index (χ1) is 11.6. The Morgan fingerprint density at radius 1 is 1.08 bits per heavy atom. The lowest BCUT2D eigenvalue weighted by molar-refractivity contribution is -0.130. The van der Waals surface area contributed by atoms with Gasteiger partial charge in [-0.15, -0.1) is 0 Å². The van der Waals surface area contributed by atoms with E-state index in [4.69, 9.17) is 0 Å². The van der Waals surface area contributed by atoms with Gasteiger partial charge in [0, 0.05) is 31.0 Å². The molecule has 0 aliphatic carbocycles. The van der Waals surface area contributed by atoms with Crippen molar-refractivity contribution in [1.29, 1.82) is 0 Å². The molecule has 24 heavy (non-hydrogen) atoms. The van der Waals surface area contributed by atoms with Gasteiger partial charge in [0.1, 0.15) is 0 Å². The van der Waals surface area contributed by atoms with Crippen molar-refractivity contribution in [3.8, 4) is 0 Å². The number of pyridine rings is 1. The molecule has 1 N–H and O–H groups in total. The van der Waals surface area contributed by atoms with E-state index in [1.54, 1.807) is 18.5 Å². The third-order valence-electron chi connectivity index (χ3n) is 4.18. The maximum absolute atomic E-state index is 13.2. The number of hydrogen-bond donors (Lipinski definition) is 1. The molecule has 1 aromatic heterocycles. The van der Waals surface area contributed by atoms with Crippen LogP contribution >= 0.6 is 0 Å². The van der Waals surface area contributed by atoms with Gasteiger partial charge in [-0.05, 0) is 25.7 Å². The second-order valence-electron chi connectivity index (χ2n) is 6.05. The van der Waals surface area contributed by atoms with Gasteiger partial charge in [0.25, 0.3) is 5.91 Å². The van der Waals surface area contributed by atoms with Gasteiger partial charge in [0.2, 0.25) is 0 Å². The lowest BCUT2D eigenvalue weighted by Crippen LogP contribution is -2.45. The van der Waals surface area contributed by atoms with Crippen LogP contribution in [-0.4, -0.2) is 53.9 Å². The topological polar surface area (TPSA) is 65.5 Å². The number of likely N-dealkylation sites (N-methyl/N-ethyl adjacent to an activating group) is 1. The molecule has 0 saturated carbocycles. The minimum Gasteiger partial charge on any atom is -0.315 e. The largest absolute Gasteiger partial charge is 0.325 e. The zero-order valence-corrected chi connectivity index (χ0v) is 13.8. The van der Waals surface area contributed by atoms with Crippen molar-refractivity contribution in [2.45, 2.75) is 5.54 Å². The molecular weight excluding hydrogens is 304 g/mol. The van der Waals surface area contributed by atoms with Crippen LogP contribution in [0.4, 0.5) is 4.79 Å². The lowest BCUT2D eigenvalue weighted by atomic mass is 9.83. The van der Waals surface area contributed by atoms with E-state index in [0.29, 0.717) is 18.7 Å². The predicted molar refractivity (Wildman–Crippen MR) is 90.3 cm³/mol. The monoisotopic (exact) mass is 324 g/mol. The van der Waals surface area contributed by atoms with Crippen LogP contribution in [-0.2, 0) is 10.3 Å². The number of benzene rings is 1. The highest BCUT2D eigenvalue weighted by atomic mass is 16.2. The minimum absolute atomic E-state index is 0.270. The van der Waals surface area contributed by atoms with E-state index in [0.717, 1.165) is 5.56 Å². The van der Waals surface area contributed by atoms with Crippen molar-refractivity contribution >= 4 is 11.9 Å². The number of urea groups is 1. The van der Waals surface area contributed by atoms with E-state index in [1.807, 2.05) is 55.4 Å². The zero-order chi connectivity index (χ0) is 17.2. The van der Waals surface area contributed by atoms with E-state index in [2.05, 4.69) is 10.3 Å². The molecule has 6 nitrogen and oxygen atoms in total. The van der Waals surface area contributed by atoms with Gasteiger partial charge in [-0.2, -0.15) is 0 Å². The van der Waals surface area contributed by atoms with Gasteiger partial charge >= 0.3 is 6.03 Å². The Morgan fingerprint density at radius 3 is 2.42 bits per heavy atom. The second-order valence-corrected chi connectivity index (χ2v) is 6.05. The first kappa shape index (κ1) is 16.1. The molecule has 3 rings (SSSR count). The van der Waals surface area contributed by atoms with Crippen LogP contribution in [0.2, 0.25) is 0 Å². The molecule has 2 aromatic rings. The molecule has 6 heteroatoms. The maximum Gasteiger partial charge on any atom is 0.325 e. The number of rotatable bonds is 5. The van der Waals surface area contributed by atoms with Crippen molar-refractivity contribution in [3.05, 3.63) is 66.0 Å². The summed E-state index contributed by atoms with van der Waals surface area (Å²) in [5.41, 5.74) is 0.157. The number of nitrogens with one attached hydrogen (secondary N) is 1. The number of carbonyl (C=O) groups excluding carboxylic acids is 2. The molecule has 3 amide bonds. The molecule has 0 radical (unpaired) electrons. The summed E-state index contributed by atoms with van der Waals surface area (Å²) in [7, 11) is 3.81. The highest BCUT2D eigenvalue weighted by Crippen LogP contribution is 2.35. The first-order valence-corrected chi connectivity index (χ1v) is 7.80. The van der Waals surface area contributed by atoms with Gasteiger partial charge in [-0.25, -0.2) is 4.79 Å². The molecular formula is C18H20N4O2. The van der Waals surface area contributed by atoms with Crippen molar-refractivity contribution in [2.24, 2.45) is 0 Å². The summed E-state index contributed by atoms with van der Waals surface area (Å²) in [5, 5.41) is 2.90. The summed E-state index contributed by atoms with van der Waals surface area (Å²) in [6, 6.07) is 12.5. The molecule has 1 fully saturated rings. The highest BCUT2D eigenvalue weighted by molar-refractivity contribution is 6.09. The quantitative estimate of drug-likeness (QED) is 0.845. The molecule has 0 bridgehead atoms. The average molecular weight is 324 g/mol. The summed E-state index contributed by atoms with van der Waals surface area (Å²) in [4.78, 5) is 33.1. The summed E-state index contributed by atoms with van der Waals surface area (Å²) in [6.07, 6.45) is 3.27. The van der Waals surface area contributed by atoms with Crippen LogP contribution in [0.25, 0.3) is 0 Å². The van der Waals surface area contributed by atoms with Gasteiger partial charge in [0.05, 0.1) is 0 Å². The number of amides is 3. The van der Waals surface area contributed by atoms with Gasteiger partial charge < -0.3 is 10.2 Å². The Balaban J connectivity index is 2.07. The van der Waals surface area contributed by atoms with Crippen LogP contribution in [0.3, 0.4) is 0 Å². The Kier molecular flexibility index (Phi) is 4.31. The van der Waals surface area contributed by atoms with Crippen molar-refractivity contribution < 1.29 is 9.59 Å². The lowest BCUT2D eigenvalue weighted by Gasteiger charge is -2.27. The van der Waals surface area contributed by atoms with Gasteiger partial charge in [-0.1, -0.05) is 36.4 Å². The predicted octanol–water partition coefficient (Wildman–Crippen LogP) is 1.44. The molecule has 124 valence electrons. The van der Waals surface area contributed by atoms with Crippen LogP contribution in [0.15, 0.2) is 54.9 Å². The minimum atomic E-state index is -1.22. The SMILES string of the molecule is CN(C)CCN1C(=O)NC(c2ccccc2)(c2cccnc2)C1=O. The van der Waals surface area contributed by atoms with Crippen molar-refractivity contribution in [3.63, 3.8) is 0 Å². The number of hydrogen-bond acceptors (Lipinski definition) is 4. The highest BCUT2D eigenvalue weighted by Gasteiger charge is 2.53. The van der Waals surface area contributed by atoms with Gasteiger partial charge in [0.15, 0.2) is 5.54 Å². The fourth-order valence-corrected chi connectivity index (χ4v) is 2.91. The standard InChI is InChI=1S/C18H20N4O2/c1-21(2)11-12-22-16(23)18(20-17(22)24,14-7-4-3-5-8-14)15-9-6-10-19-13-15/h3-10,13H,11-12H2,1-2H3,(H,20,24). The number of carbonyl (C=O) groups is 2. The zero-order valence-electron chi connectivity index (χ0n) is 13.8. The Morgan fingerprint density at radius 2 is 1.79 bits per heavy atom. The molecule has 1 aliphatic rings. The molecule has 1 atom stereocenters. The van der Waals surface area contributed by atoms with Crippen LogP contribution in [0.1, 0.15) is 11.1 Å². The fourth-order valence-electron chi connectivity index (χ4n) is 2.91. The number of aromatic nitrogens is 1. The van der Waals surface area contributed by atoms with Crippen LogP contribution in [0.5, 0.6) is 0 Å².